The number of hydrazone groups is 1. The van der Waals surface area contributed by atoms with Gasteiger partial charge in [0.1, 0.15) is 0 Å². The largest absolute Gasteiger partial charge is 0.322 e. The van der Waals surface area contributed by atoms with E-state index in [1.807, 2.05) is 35.9 Å². The Bertz CT molecular complexity index is 955. The van der Waals surface area contributed by atoms with E-state index in [0.29, 0.717) is 10.0 Å². The number of carbonyl (C=O) groups excluding carboxylic acids is 1. The molecule has 1 heterocycles. The molecule has 8 heteroatoms. The van der Waals surface area contributed by atoms with Crippen molar-refractivity contribution in [3.05, 3.63) is 58.1 Å². The van der Waals surface area contributed by atoms with Gasteiger partial charge in [0, 0.05) is 7.05 Å². The van der Waals surface area contributed by atoms with Crippen molar-refractivity contribution in [1.82, 2.24) is 15.0 Å². The normalized spacial score (nSPS) is 11.3. The van der Waals surface area contributed by atoms with Gasteiger partial charge in [0.05, 0.1) is 33.0 Å². The SMILES string of the molecule is Cn1c(SCC(=O)NN=Cc2ccc(Cl)c(Cl)c2)nc2ccccc21. The van der Waals surface area contributed by atoms with Gasteiger partial charge in [-0.1, -0.05) is 53.2 Å². The van der Waals surface area contributed by atoms with Crippen LogP contribution in [0.25, 0.3) is 11.0 Å². The number of hydrogen-bond acceptors (Lipinski definition) is 4. The van der Waals surface area contributed by atoms with Crippen molar-refractivity contribution in [2.24, 2.45) is 12.1 Å². The summed E-state index contributed by atoms with van der Waals surface area (Å²) in [4.78, 5) is 16.4. The summed E-state index contributed by atoms with van der Waals surface area (Å²) in [6.45, 7) is 0. The molecule has 3 aromatic rings. The van der Waals surface area contributed by atoms with Gasteiger partial charge >= 0.3 is 0 Å². The summed E-state index contributed by atoms with van der Waals surface area (Å²) in [5.41, 5.74) is 5.17. The van der Waals surface area contributed by atoms with Gasteiger partial charge in [-0.2, -0.15) is 5.10 Å². The quantitative estimate of drug-likeness (QED) is 0.403. The molecule has 3 rings (SSSR count). The maximum absolute atomic E-state index is 11.9. The first-order chi connectivity index (χ1) is 12.0. The highest BCUT2D eigenvalue weighted by atomic mass is 35.5. The molecule has 5 nitrogen and oxygen atoms in total. The molecular formula is C17H14Cl2N4OS. The molecule has 0 unspecified atom stereocenters. The summed E-state index contributed by atoms with van der Waals surface area (Å²) in [5, 5.41) is 5.62. The van der Waals surface area contributed by atoms with E-state index in [1.54, 1.807) is 18.2 Å². The van der Waals surface area contributed by atoms with Gasteiger partial charge in [-0.05, 0) is 29.8 Å². The number of para-hydroxylation sites is 2. The third kappa shape index (κ3) is 4.34. The lowest BCUT2D eigenvalue weighted by Crippen LogP contribution is -2.19. The molecular weight excluding hydrogens is 379 g/mol. The van der Waals surface area contributed by atoms with E-state index in [1.165, 1.54) is 18.0 Å². The Morgan fingerprint density at radius 1 is 1.28 bits per heavy atom. The minimum Gasteiger partial charge on any atom is -0.322 e. The number of thioether (sulfide) groups is 1. The van der Waals surface area contributed by atoms with Crippen LogP contribution in [0.4, 0.5) is 0 Å². The number of hydrogen-bond donors (Lipinski definition) is 1. The minimum atomic E-state index is -0.214. The van der Waals surface area contributed by atoms with Gasteiger partial charge in [0.15, 0.2) is 5.16 Å². The number of rotatable bonds is 5. The molecule has 1 N–H and O–H groups in total. The lowest BCUT2D eigenvalue weighted by atomic mass is 10.2. The molecule has 0 fully saturated rings. The van der Waals surface area contributed by atoms with Gasteiger partial charge in [-0.25, -0.2) is 10.4 Å². The maximum Gasteiger partial charge on any atom is 0.250 e. The van der Waals surface area contributed by atoms with E-state index in [2.05, 4.69) is 15.5 Å². The number of aromatic nitrogens is 2. The predicted molar refractivity (Wildman–Crippen MR) is 104 cm³/mol. The summed E-state index contributed by atoms with van der Waals surface area (Å²) in [6.07, 6.45) is 1.51. The Hall–Kier alpha value is -2.02. The fraction of sp³-hybridized carbons (Fsp3) is 0.118. The molecule has 0 saturated heterocycles. The van der Waals surface area contributed by atoms with Crippen molar-refractivity contribution < 1.29 is 4.79 Å². The summed E-state index contributed by atoms with van der Waals surface area (Å²) in [5.74, 6) is 0.00366. The van der Waals surface area contributed by atoms with Crippen LogP contribution < -0.4 is 5.43 Å². The average Bonchev–Trinajstić information content (AvgIpc) is 2.93. The van der Waals surface area contributed by atoms with Crippen LogP contribution in [0, 0.1) is 0 Å². The second-order valence-corrected chi connectivity index (χ2v) is 6.95. The van der Waals surface area contributed by atoms with Gasteiger partial charge < -0.3 is 4.57 Å². The van der Waals surface area contributed by atoms with Crippen molar-refractivity contribution in [2.45, 2.75) is 5.16 Å². The molecule has 0 aliphatic heterocycles. The zero-order valence-electron chi connectivity index (χ0n) is 13.2. The van der Waals surface area contributed by atoms with Crippen LogP contribution in [0.5, 0.6) is 0 Å². The van der Waals surface area contributed by atoms with Crippen molar-refractivity contribution in [1.29, 1.82) is 0 Å². The molecule has 0 atom stereocenters. The van der Waals surface area contributed by atoms with Crippen molar-refractivity contribution in [2.75, 3.05) is 5.75 Å². The second kappa shape index (κ2) is 7.91. The van der Waals surface area contributed by atoms with Crippen molar-refractivity contribution in [3.8, 4) is 0 Å². The molecule has 1 aromatic heterocycles. The van der Waals surface area contributed by atoms with Gasteiger partial charge in [0.2, 0.25) is 0 Å². The van der Waals surface area contributed by atoms with E-state index in [0.717, 1.165) is 21.8 Å². The topological polar surface area (TPSA) is 59.3 Å². The smallest absolute Gasteiger partial charge is 0.250 e. The Labute approximate surface area is 159 Å². The van der Waals surface area contributed by atoms with E-state index >= 15 is 0 Å². The van der Waals surface area contributed by atoms with Crippen LogP contribution in [-0.2, 0) is 11.8 Å². The first-order valence-corrected chi connectivity index (χ1v) is 9.10. The summed E-state index contributed by atoms with van der Waals surface area (Å²) < 4.78 is 1.96. The molecule has 0 bridgehead atoms. The number of benzene rings is 2. The van der Waals surface area contributed by atoms with Crippen molar-refractivity contribution >= 4 is 58.1 Å². The summed E-state index contributed by atoms with van der Waals surface area (Å²) in [6, 6.07) is 13.0. The fourth-order valence-corrected chi connectivity index (χ4v) is 3.27. The fourth-order valence-electron chi connectivity index (χ4n) is 2.19. The highest BCUT2D eigenvalue weighted by molar-refractivity contribution is 7.99. The van der Waals surface area contributed by atoms with Crippen LogP contribution in [0.1, 0.15) is 5.56 Å². The predicted octanol–water partition coefficient (Wildman–Crippen LogP) is 4.12. The van der Waals surface area contributed by atoms with Crippen LogP contribution in [0.2, 0.25) is 10.0 Å². The lowest BCUT2D eigenvalue weighted by molar-refractivity contribution is -0.118. The second-order valence-electron chi connectivity index (χ2n) is 5.20. The Morgan fingerprint density at radius 3 is 2.84 bits per heavy atom. The highest BCUT2D eigenvalue weighted by Crippen LogP contribution is 2.23. The van der Waals surface area contributed by atoms with Gasteiger partial charge in [0.25, 0.3) is 5.91 Å². The van der Waals surface area contributed by atoms with Gasteiger partial charge in [-0.3, -0.25) is 4.79 Å². The van der Waals surface area contributed by atoms with E-state index in [4.69, 9.17) is 23.2 Å². The van der Waals surface area contributed by atoms with Crippen LogP contribution >= 0.6 is 35.0 Å². The summed E-state index contributed by atoms with van der Waals surface area (Å²) in [7, 11) is 1.93. The third-order valence-electron chi connectivity index (χ3n) is 3.43. The lowest BCUT2D eigenvalue weighted by Gasteiger charge is -2.02. The Balaban J connectivity index is 1.56. The molecule has 128 valence electrons. The van der Waals surface area contributed by atoms with E-state index in [9.17, 15) is 4.79 Å². The molecule has 2 aromatic carbocycles. The molecule has 0 aliphatic carbocycles. The van der Waals surface area contributed by atoms with Crippen LogP contribution in [0.15, 0.2) is 52.7 Å². The molecule has 1 amide bonds. The zero-order chi connectivity index (χ0) is 17.8. The molecule has 0 spiro atoms. The van der Waals surface area contributed by atoms with E-state index in [-0.39, 0.29) is 11.7 Å². The van der Waals surface area contributed by atoms with Crippen LogP contribution in [0.3, 0.4) is 0 Å². The minimum absolute atomic E-state index is 0.214. The first-order valence-electron chi connectivity index (χ1n) is 7.36. The number of amides is 1. The monoisotopic (exact) mass is 392 g/mol. The Morgan fingerprint density at radius 2 is 2.08 bits per heavy atom. The number of carbonyl (C=O) groups is 1. The third-order valence-corrected chi connectivity index (χ3v) is 5.19. The standard InChI is InChI=1S/C17H14Cl2N4OS/c1-23-15-5-3-2-4-14(15)21-17(23)25-10-16(24)22-20-9-11-6-7-12(18)13(19)8-11/h2-9H,10H2,1H3,(H,22,24). The van der Waals surface area contributed by atoms with Crippen LogP contribution in [-0.4, -0.2) is 27.4 Å². The maximum atomic E-state index is 11.9. The molecule has 0 aliphatic rings. The molecule has 25 heavy (non-hydrogen) atoms. The highest BCUT2D eigenvalue weighted by Gasteiger charge is 2.09. The molecule has 0 saturated carbocycles. The summed E-state index contributed by atoms with van der Waals surface area (Å²) >= 11 is 13.1. The molecule has 0 radical (unpaired) electrons. The number of nitrogens with one attached hydrogen (secondary N) is 1. The number of fused-ring (bicyclic) bond motifs is 1. The number of halogens is 2. The number of aryl methyl sites for hydroxylation is 1. The van der Waals surface area contributed by atoms with E-state index < -0.39 is 0 Å². The number of imidazole rings is 1. The average molecular weight is 393 g/mol. The number of nitrogens with zero attached hydrogens (tertiary/aromatic N) is 3. The first kappa shape index (κ1) is 17.8. The van der Waals surface area contributed by atoms with Gasteiger partial charge in [-0.15, -0.1) is 0 Å². The van der Waals surface area contributed by atoms with Crippen molar-refractivity contribution in [3.63, 3.8) is 0 Å². The Kier molecular flexibility index (Phi) is 5.63. The zero-order valence-corrected chi connectivity index (χ0v) is 15.6.